The maximum absolute atomic E-state index is 3.11. The van der Waals surface area contributed by atoms with Gasteiger partial charge in [-0.3, -0.25) is 16.4 Å². The van der Waals surface area contributed by atoms with E-state index in [-0.39, 0.29) is 51.0 Å². The summed E-state index contributed by atoms with van der Waals surface area (Å²) >= 11 is 0. The van der Waals surface area contributed by atoms with E-state index >= 15 is 0 Å². The maximum atomic E-state index is 3.11. The predicted octanol–water partition coefficient (Wildman–Crippen LogP) is -1.80. The molecule has 0 aromatic carbocycles. The van der Waals surface area contributed by atoms with Gasteiger partial charge in [0.25, 0.3) is 0 Å². The molecule has 0 aliphatic carbocycles. The van der Waals surface area contributed by atoms with E-state index in [1.807, 2.05) is 0 Å². The minimum atomic E-state index is 0. The summed E-state index contributed by atoms with van der Waals surface area (Å²) < 4.78 is 0. The van der Waals surface area contributed by atoms with Crippen molar-refractivity contribution in [2.45, 2.75) is 0 Å². The van der Waals surface area contributed by atoms with Crippen LogP contribution < -0.4 is 24.8 Å². The van der Waals surface area contributed by atoms with E-state index in [4.69, 9.17) is 0 Å². The molecule has 0 radical (unpaired) electrons. The van der Waals surface area contributed by atoms with Gasteiger partial charge in [-0.2, -0.15) is 23.2 Å². The summed E-state index contributed by atoms with van der Waals surface area (Å²) in [6.45, 7) is 0. The molecule has 0 spiro atoms. The molecule has 0 saturated carbocycles. The fourth-order valence-electron chi connectivity index (χ4n) is 0.373. The number of hydrogen-bond acceptors (Lipinski definition) is 0. The minimum Gasteiger partial charge on any atom is -1.00 e. The van der Waals surface area contributed by atoms with E-state index in [9.17, 15) is 0 Å². The standard InChI is InChI=1S/2C3H3P2.2ClH.Zr/c2*1-2-5-3-4-1;;;/h2*1-2,4H;2*1H;/q2*-1;;;+4/p-2. The Bertz CT molecular complexity index is 162. The molecule has 0 bridgehead atoms. The first-order chi connectivity index (χ1) is 5.00. The zero-order chi connectivity index (χ0) is 7.07. The number of hydrogen-bond donors (Lipinski definition) is 0. The number of rotatable bonds is 0. The average Bonchev–Trinajstić information content (AvgIpc) is 2.67. The van der Waals surface area contributed by atoms with Crippen molar-refractivity contribution in [3.8, 4) is 0 Å². The van der Waals surface area contributed by atoms with Crippen molar-refractivity contribution in [2.24, 2.45) is 0 Å². The van der Waals surface area contributed by atoms with Gasteiger partial charge in [-0.1, -0.05) is 0 Å². The first-order valence-corrected chi connectivity index (χ1v) is 6.79. The van der Waals surface area contributed by atoms with Gasteiger partial charge in [0.05, 0.1) is 0 Å². The summed E-state index contributed by atoms with van der Waals surface area (Å²) in [4.78, 5) is 0. The van der Waals surface area contributed by atoms with Crippen molar-refractivity contribution in [1.82, 2.24) is 0 Å². The monoisotopic (exact) mass is 362 g/mol. The van der Waals surface area contributed by atoms with Crippen molar-refractivity contribution in [1.29, 1.82) is 0 Å². The Balaban J connectivity index is -0.000000125. The summed E-state index contributed by atoms with van der Waals surface area (Å²) in [6, 6.07) is 0. The van der Waals surface area contributed by atoms with Crippen LogP contribution in [0, 0.1) is 11.1 Å². The first kappa shape index (κ1) is 20.3. The Kier molecular flexibility index (Phi) is 25.5. The maximum Gasteiger partial charge on any atom is 4.00 e. The van der Waals surface area contributed by atoms with Crippen LogP contribution in [0.3, 0.4) is 0 Å². The molecule has 0 aliphatic heterocycles. The Morgan fingerprint density at radius 1 is 0.846 bits per heavy atom. The van der Waals surface area contributed by atoms with Crippen LogP contribution in [0.15, 0.2) is 23.2 Å². The van der Waals surface area contributed by atoms with Crippen LogP contribution >= 0.6 is 32.8 Å². The summed E-state index contributed by atoms with van der Waals surface area (Å²) in [5, 5.41) is 0. The first-order valence-electron chi connectivity index (χ1n) is 2.71. The zero-order valence-electron chi connectivity index (χ0n) is 6.46. The summed E-state index contributed by atoms with van der Waals surface area (Å²) in [7, 11) is 4.28. The van der Waals surface area contributed by atoms with Crippen LogP contribution in [-0.2, 0) is 26.2 Å². The fourth-order valence-corrected chi connectivity index (χ4v) is 3.35. The SMILES string of the molecule is [Cl-].[Cl-].[Zr+4].[c-]1pcc[pH]1.[c-]1pcc[pH]1. The Hall–Kier alpha value is 1.88. The van der Waals surface area contributed by atoms with Gasteiger partial charge in [-0.05, 0) is 0 Å². The predicted molar refractivity (Wildman–Crippen MR) is 54.6 cm³/mol. The van der Waals surface area contributed by atoms with Crippen LogP contribution in [0.25, 0.3) is 0 Å². The third kappa shape index (κ3) is 13.9. The smallest absolute Gasteiger partial charge is 1.00 e. The third-order valence-electron chi connectivity index (χ3n) is 0.723. The molecule has 13 heavy (non-hydrogen) atoms. The molecule has 0 nitrogen and oxygen atoms in total. The molecule has 2 aromatic heterocycles. The molecule has 2 atom stereocenters. The summed E-state index contributed by atoms with van der Waals surface area (Å²) in [5.41, 5.74) is 6.22. The largest absolute Gasteiger partial charge is 4.00 e. The molecule has 2 heterocycles. The molecule has 0 fully saturated rings. The fraction of sp³-hybridized carbons (Fsp3) is 0. The van der Waals surface area contributed by atoms with Gasteiger partial charge in [0.1, 0.15) is 0 Å². The molecule has 0 aliphatic rings. The molecular formula is C6H6Cl2P4Zr. The van der Waals surface area contributed by atoms with Gasteiger partial charge >= 0.3 is 26.2 Å². The molecule has 2 unspecified atom stereocenters. The second-order valence-electron chi connectivity index (χ2n) is 1.40. The molecule has 0 N–H and O–H groups in total. The van der Waals surface area contributed by atoms with Crippen LogP contribution in [-0.4, -0.2) is 0 Å². The number of halogens is 2. The van der Waals surface area contributed by atoms with Crippen molar-refractivity contribution in [2.75, 3.05) is 0 Å². The van der Waals surface area contributed by atoms with Crippen molar-refractivity contribution < 1.29 is 51.0 Å². The van der Waals surface area contributed by atoms with E-state index < -0.39 is 0 Å². The second kappa shape index (κ2) is 16.3. The summed E-state index contributed by atoms with van der Waals surface area (Å²) in [6.07, 6.45) is 0. The Morgan fingerprint density at radius 3 is 1.31 bits per heavy atom. The third-order valence-corrected chi connectivity index (χ3v) is 4.61. The minimum absolute atomic E-state index is 0. The van der Waals surface area contributed by atoms with Crippen molar-refractivity contribution >= 4 is 32.8 Å². The van der Waals surface area contributed by atoms with Crippen molar-refractivity contribution in [3.05, 3.63) is 34.3 Å². The normalized spacial score (nSPS) is 8.62. The molecule has 0 saturated heterocycles. The van der Waals surface area contributed by atoms with E-state index in [0.717, 1.165) is 16.4 Å². The van der Waals surface area contributed by atoms with Crippen LogP contribution in [0.1, 0.15) is 0 Å². The zero-order valence-corrected chi connectivity index (χ0v) is 14.2. The van der Waals surface area contributed by atoms with Crippen LogP contribution in [0.2, 0.25) is 0 Å². The quantitative estimate of drug-likeness (QED) is 0.485. The molecule has 2 aromatic rings. The summed E-state index contributed by atoms with van der Waals surface area (Å²) in [5.74, 6) is 8.50. The van der Waals surface area contributed by atoms with E-state index in [0.29, 0.717) is 0 Å². The molecular weight excluding hydrogens is 358 g/mol. The van der Waals surface area contributed by atoms with E-state index in [1.54, 1.807) is 0 Å². The topological polar surface area (TPSA) is 0 Å². The molecule has 0 amide bonds. The van der Waals surface area contributed by atoms with Crippen LogP contribution in [0.5, 0.6) is 0 Å². The van der Waals surface area contributed by atoms with E-state index in [1.165, 1.54) is 16.4 Å². The van der Waals surface area contributed by atoms with Gasteiger partial charge in [-0.25, -0.2) is 16.4 Å². The Labute approximate surface area is 117 Å². The molecule has 7 heteroatoms. The molecule has 2 rings (SSSR count). The average molecular weight is 364 g/mol. The van der Waals surface area contributed by atoms with Crippen LogP contribution in [0.4, 0.5) is 0 Å². The second-order valence-corrected chi connectivity index (χ2v) is 5.55. The van der Waals surface area contributed by atoms with Gasteiger partial charge in [0.15, 0.2) is 0 Å². The van der Waals surface area contributed by atoms with Gasteiger partial charge < -0.3 is 24.8 Å². The molecule has 68 valence electrons. The van der Waals surface area contributed by atoms with Gasteiger partial charge in [-0.15, -0.1) is 11.1 Å². The van der Waals surface area contributed by atoms with Gasteiger partial charge in [0.2, 0.25) is 0 Å². The van der Waals surface area contributed by atoms with Crippen molar-refractivity contribution in [3.63, 3.8) is 0 Å². The van der Waals surface area contributed by atoms with E-state index in [2.05, 4.69) is 34.3 Å². The Morgan fingerprint density at radius 2 is 1.23 bits per heavy atom. The van der Waals surface area contributed by atoms with Gasteiger partial charge in [0, 0.05) is 0 Å².